The van der Waals surface area contributed by atoms with Crippen molar-refractivity contribution in [2.75, 3.05) is 38.0 Å². The second-order valence-electron chi connectivity index (χ2n) is 8.02. The molecular formula is C24H26FN7. The highest BCUT2D eigenvalue weighted by atomic mass is 19.1. The Balaban J connectivity index is 1.33. The fourth-order valence-electron chi connectivity index (χ4n) is 4.02. The van der Waals surface area contributed by atoms with Crippen LogP contribution in [0.1, 0.15) is 12.5 Å². The van der Waals surface area contributed by atoms with Gasteiger partial charge in [-0.1, -0.05) is 13.0 Å². The van der Waals surface area contributed by atoms with Crippen molar-refractivity contribution in [3.05, 3.63) is 72.3 Å². The van der Waals surface area contributed by atoms with Crippen molar-refractivity contribution < 1.29 is 4.39 Å². The lowest BCUT2D eigenvalue weighted by atomic mass is 10.1. The molecule has 0 amide bonds. The number of rotatable bonds is 6. The molecule has 0 aliphatic carbocycles. The van der Waals surface area contributed by atoms with Gasteiger partial charge in [0.05, 0.1) is 11.9 Å². The Morgan fingerprint density at radius 1 is 0.969 bits per heavy atom. The smallest absolute Gasteiger partial charge is 0.157 e. The van der Waals surface area contributed by atoms with Crippen LogP contribution in [0.15, 0.2) is 60.9 Å². The number of fused-ring (bicyclic) bond motifs is 1. The van der Waals surface area contributed by atoms with Gasteiger partial charge < -0.3 is 10.2 Å². The second kappa shape index (κ2) is 9.02. The maximum Gasteiger partial charge on any atom is 0.157 e. The van der Waals surface area contributed by atoms with Gasteiger partial charge in [-0.25, -0.2) is 14.4 Å². The zero-order valence-electron chi connectivity index (χ0n) is 18.1. The SMILES string of the molecule is CCN1CCN(Cc2ccc(Nc3cc(-c4ccc(F)cc4)nc4ccnn34)nc2)CC1. The van der Waals surface area contributed by atoms with Crippen LogP contribution >= 0.6 is 0 Å². The molecule has 1 fully saturated rings. The van der Waals surface area contributed by atoms with E-state index in [9.17, 15) is 4.39 Å². The number of nitrogens with one attached hydrogen (secondary N) is 1. The van der Waals surface area contributed by atoms with Gasteiger partial charge in [0.25, 0.3) is 0 Å². The van der Waals surface area contributed by atoms with Crippen LogP contribution in [0.2, 0.25) is 0 Å². The van der Waals surface area contributed by atoms with E-state index in [1.165, 1.54) is 17.7 Å². The van der Waals surface area contributed by atoms with Gasteiger partial charge in [0.15, 0.2) is 5.65 Å². The minimum Gasteiger partial charge on any atom is -0.325 e. The number of pyridine rings is 1. The quantitative estimate of drug-likeness (QED) is 0.501. The molecule has 0 atom stereocenters. The summed E-state index contributed by atoms with van der Waals surface area (Å²) in [4.78, 5) is 14.2. The summed E-state index contributed by atoms with van der Waals surface area (Å²) in [5, 5.41) is 7.72. The van der Waals surface area contributed by atoms with Gasteiger partial charge >= 0.3 is 0 Å². The molecule has 1 saturated heterocycles. The standard InChI is InChI=1S/C24H26FN7/c1-2-30-11-13-31(14-12-30)17-18-3-8-22(26-16-18)29-24-15-21(19-4-6-20(25)7-5-19)28-23-9-10-27-32(23)24/h3-10,15-16H,2,11-14,17H2,1H3,(H,26,29). The number of halogens is 1. The van der Waals surface area contributed by atoms with Crippen LogP contribution in [0.3, 0.4) is 0 Å². The summed E-state index contributed by atoms with van der Waals surface area (Å²) < 4.78 is 15.1. The minimum atomic E-state index is -0.269. The van der Waals surface area contributed by atoms with Gasteiger partial charge in [-0.2, -0.15) is 9.61 Å². The molecule has 32 heavy (non-hydrogen) atoms. The zero-order valence-corrected chi connectivity index (χ0v) is 18.1. The first-order chi connectivity index (χ1) is 15.7. The van der Waals surface area contributed by atoms with Crippen LogP contribution in [0.5, 0.6) is 0 Å². The fraction of sp³-hybridized carbons (Fsp3) is 0.292. The number of anilines is 2. The number of nitrogens with zero attached hydrogens (tertiary/aromatic N) is 6. The van der Waals surface area contributed by atoms with Crippen LogP contribution in [0, 0.1) is 5.82 Å². The largest absolute Gasteiger partial charge is 0.325 e. The van der Waals surface area contributed by atoms with Gasteiger partial charge in [0.1, 0.15) is 17.5 Å². The highest BCUT2D eigenvalue weighted by Gasteiger charge is 2.15. The number of likely N-dealkylation sites (N-methyl/N-ethyl adjacent to an activating group) is 1. The number of piperazine rings is 1. The Hall–Kier alpha value is -3.36. The number of aromatic nitrogens is 4. The molecule has 0 bridgehead atoms. The molecule has 0 radical (unpaired) electrons. The molecule has 4 heterocycles. The molecule has 0 saturated carbocycles. The highest BCUT2D eigenvalue weighted by Crippen LogP contribution is 2.24. The van der Waals surface area contributed by atoms with Crippen LogP contribution in [-0.2, 0) is 6.54 Å². The molecule has 8 heteroatoms. The summed E-state index contributed by atoms with van der Waals surface area (Å²) in [6, 6.07) is 14.2. The van der Waals surface area contributed by atoms with Crippen molar-refractivity contribution in [1.82, 2.24) is 29.4 Å². The minimum absolute atomic E-state index is 0.269. The van der Waals surface area contributed by atoms with Gasteiger partial charge in [-0.3, -0.25) is 4.90 Å². The van der Waals surface area contributed by atoms with Gasteiger partial charge in [0, 0.05) is 56.6 Å². The second-order valence-corrected chi connectivity index (χ2v) is 8.02. The van der Waals surface area contributed by atoms with Crippen LogP contribution in [0.4, 0.5) is 16.0 Å². The first-order valence-corrected chi connectivity index (χ1v) is 11.0. The first-order valence-electron chi connectivity index (χ1n) is 11.0. The third kappa shape index (κ3) is 4.46. The lowest BCUT2D eigenvalue weighted by molar-refractivity contribution is 0.132. The van der Waals surface area contributed by atoms with E-state index in [0.717, 1.165) is 62.2 Å². The molecule has 1 N–H and O–H groups in total. The van der Waals surface area contributed by atoms with Crippen molar-refractivity contribution in [2.45, 2.75) is 13.5 Å². The number of benzene rings is 1. The Labute approximate surface area is 186 Å². The van der Waals surface area contributed by atoms with E-state index in [-0.39, 0.29) is 5.82 Å². The molecule has 3 aromatic heterocycles. The lowest BCUT2D eigenvalue weighted by Gasteiger charge is -2.33. The molecule has 1 aliphatic rings. The molecule has 5 rings (SSSR count). The Morgan fingerprint density at radius 2 is 1.75 bits per heavy atom. The molecule has 7 nitrogen and oxygen atoms in total. The van der Waals surface area contributed by atoms with Crippen molar-refractivity contribution in [1.29, 1.82) is 0 Å². The van der Waals surface area contributed by atoms with E-state index in [1.54, 1.807) is 22.8 Å². The van der Waals surface area contributed by atoms with E-state index in [1.807, 2.05) is 24.4 Å². The van der Waals surface area contributed by atoms with Crippen LogP contribution < -0.4 is 5.32 Å². The molecule has 0 unspecified atom stereocenters. The molecule has 1 aliphatic heterocycles. The molecule has 164 valence electrons. The summed E-state index contributed by atoms with van der Waals surface area (Å²) in [6.07, 6.45) is 3.63. The van der Waals surface area contributed by atoms with Crippen molar-refractivity contribution in [3.63, 3.8) is 0 Å². The number of hydrogen-bond donors (Lipinski definition) is 1. The lowest BCUT2D eigenvalue weighted by Crippen LogP contribution is -2.45. The Kier molecular flexibility index (Phi) is 5.79. The normalized spacial score (nSPS) is 15.3. The molecule has 4 aromatic rings. The van der Waals surface area contributed by atoms with E-state index in [0.29, 0.717) is 5.65 Å². The zero-order chi connectivity index (χ0) is 21.9. The monoisotopic (exact) mass is 431 g/mol. The third-order valence-corrected chi connectivity index (χ3v) is 5.90. The predicted octanol–water partition coefficient (Wildman–Crippen LogP) is 3.81. The number of hydrogen-bond acceptors (Lipinski definition) is 6. The third-order valence-electron chi connectivity index (χ3n) is 5.90. The average molecular weight is 432 g/mol. The van der Waals surface area contributed by atoms with E-state index < -0.39 is 0 Å². The maximum atomic E-state index is 13.3. The average Bonchev–Trinajstić information content (AvgIpc) is 3.30. The topological polar surface area (TPSA) is 61.6 Å². The van der Waals surface area contributed by atoms with Crippen LogP contribution in [-0.4, -0.2) is 62.1 Å². The van der Waals surface area contributed by atoms with Gasteiger partial charge in [-0.05, 0) is 42.4 Å². The predicted molar refractivity (Wildman–Crippen MR) is 123 cm³/mol. The summed E-state index contributed by atoms with van der Waals surface area (Å²) in [5.74, 6) is 1.21. The summed E-state index contributed by atoms with van der Waals surface area (Å²) in [7, 11) is 0. The molecular weight excluding hydrogens is 405 g/mol. The van der Waals surface area contributed by atoms with E-state index in [2.05, 4.69) is 43.2 Å². The van der Waals surface area contributed by atoms with E-state index in [4.69, 9.17) is 0 Å². The first kappa shape index (κ1) is 20.5. The van der Waals surface area contributed by atoms with Gasteiger partial charge in [-0.15, -0.1) is 0 Å². The Bertz CT molecular complexity index is 1180. The van der Waals surface area contributed by atoms with Crippen molar-refractivity contribution >= 4 is 17.3 Å². The van der Waals surface area contributed by atoms with Crippen molar-refractivity contribution in [2.24, 2.45) is 0 Å². The molecule has 0 spiro atoms. The van der Waals surface area contributed by atoms with Crippen LogP contribution in [0.25, 0.3) is 16.9 Å². The fourth-order valence-corrected chi connectivity index (χ4v) is 4.02. The molecule has 1 aromatic carbocycles. The highest BCUT2D eigenvalue weighted by molar-refractivity contribution is 5.68. The van der Waals surface area contributed by atoms with E-state index >= 15 is 0 Å². The summed E-state index contributed by atoms with van der Waals surface area (Å²) in [5.41, 5.74) is 3.48. The Morgan fingerprint density at radius 3 is 2.47 bits per heavy atom. The summed E-state index contributed by atoms with van der Waals surface area (Å²) in [6.45, 7) is 8.69. The summed E-state index contributed by atoms with van der Waals surface area (Å²) >= 11 is 0. The maximum absolute atomic E-state index is 13.3. The van der Waals surface area contributed by atoms with Gasteiger partial charge in [0.2, 0.25) is 0 Å². The van der Waals surface area contributed by atoms with Crippen molar-refractivity contribution in [3.8, 4) is 11.3 Å².